The number of hydrogen-bond donors (Lipinski definition) is 2. The summed E-state index contributed by atoms with van der Waals surface area (Å²) < 4.78 is 38.5. The van der Waals surface area contributed by atoms with E-state index >= 15 is 0 Å². The van der Waals surface area contributed by atoms with Gasteiger partial charge in [-0.1, -0.05) is 30.3 Å². The van der Waals surface area contributed by atoms with E-state index in [0.717, 1.165) is 21.3 Å². The molecule has 1 amide bonds. The fourth-order valence-electron chi connectivity index (χ4n) is 2.33. The van der Waals surface area contributed by atoms with Crippen molar-refractivity contribution < 1.29 is 27.9 Å². The fraction of sp³-hybridized carbons (Fsp3) is 0.222. The third-order valence-corrected chi connectivity index (χ3v) is 4.71. The summed E-state index contributed by atoms with van der Waals surface area (Å²) in [5.74, 6) is -1.74. The number of carboxylic acid groups (broad SMARTS) is 1. The lowest BCUT2D eigenvalue weighted by atomic mass is 10.0. The Balaban J connectivity index is 2.02. The average Bonchev–Trinajstić information content (AvgIpc) is 2.55. The van der Waals surface area contributed by atoms with E-state index in [9.17, 15) is 27.9 Å². The van der Waals surface area contributed by atoms with Gasteiger partial charge in [0.2, 0.25) is 5.91 Å². The summed E-state index contributed by atoms with van der Waals surface area (Å²) in [5.41, 5.74) is 0.355. The highest BCUT2D eigenvalue weighted by molar-refractivity contribution is 14.1. The summed E-state index contributed by atoms with van der Waals surface area (Å²) >= 11 is 2.08. The fourth-order valence-corrected chi connectivity index (χ4v) is 2.93. The van der Waals surface area contributed by atoms with Crippen LogP contribution in [0.2, 0.25) is 0 Å². The van der Waals surface area contributed by atoms with Crippen molar-refractivity contribution in [3.63, 3.8) is 0 Å². The number of alkyl halides is 3. The molecule has 8 heteroatoms. The molecule has 0 spiro atoms. The van der Waals surface area contributed by atoms with Gasteiger partial charge in [-0.15, -0.1) is 0 Å². The normalized spacial score (nSPS) is 12.5. The van der Waals surface area contributed by atoms with Gasteiger partial charge in [-0.05, 0) is 51.9 Å². The number of carboxylic acids is 1. The van der Waals surface area contributed by atoms with Crippen molar-refractivity contribution in [2.24, 2.45) is 0 Å². The van der Waals surface area contributed by atoms with Gasteiger partial charge in [-0.25, -0.2) is 4.79 Å². The minimum atomic E-state index is -4.44. The molecule has 26 heavy (non-hydrogen) atoms. The van der Waals surface area contributed by atoms with Gasteiger partial charge < -0.3 is 10.4 Å². The summed E-state index contributed by atoms with van der Waals surface area (Å²) in [6.45, 7) is 0. The van der Waals surface area contributed by atoms with Crippen LogP contribution < -0.4 is 5.32 Å². The van der Waals surface area contributed by atoms with Crippen molar-refractivity contribution in [1.82, 2.24) is 5.32 Å². The molecule has 0 aliphatic rings. The lowest BCUT2D eigenvalue weighted by Gasteiger charge is -2.16. The van der Waals surface area contributed by atoms with E-state index in [0.29, 0.717) is 5.56 Å². The SMILES string of the molecule is O=C(Cc1ccc(C(F)(F)F)cc1)N[C@H](Cc1ccccc1I)C(=O)O. The Hall–Kier alpha value is -2.10. The van der Waals surface area contributed by atoms with E-state index in [2.05, 4.69) is 27.9 Å². The molecule has 0 aliphatic heterocycles. The molecule has 0 heterocycles. The molecule has 0 aromatic heterocycles. The molecule has 0 fully saturated rings. The second-order valence-corrected chi connectivity index (χ2v) is 6.79. The van der Waals surface area contributed by atoms with Crippen LogP contribution in [0.15, 0.2) is 48.5 Å². The molecule has 4 nitrogen and oxygen atoms in total. The smallest absolute Gasteiger partial charge is 0.416 e. The van der Waals surface area contributed by atoms with E-state index in [-0.39, 0.29) is 12.8 Å². The highest BCUT2D eigenvalue weighted by Gasteiger charge is 2.30. The quantitative estimate of drug-likeness (QED) is 0.625. The molecule has 0 saturated carbocycles. The van der Waals surface area contributed by atoms with Crippen LogP contribution in [0.25, 0.3) is 0 Å². The number of halogens is 4. The molecule has 2 N–H and O–H groups in total. The second-order valence-electron chi connectivity index (χ2n) is 5.63. The van der Waals surface area contributed by atoms with Crippen molar-refractivity contribution >= 4 is 34.5 Å². The Bertz CT molecular complexity index is 791. The van der Waals surface area contributed by atoms with Gasteiger partial charge in [-0.2, -0.15) is 13.2 Å². The molecule has 0 bridgehead atoms. The molecular formula is C18H15F3INO3. The summed E-state index contributed by atoms with van der Waals surface area (Å²) in [6, 6.07) is 10.3. The Morgan fingerprint density at radius 3 is 2.23 bits per heavy atom. The lowest BCUT2D eigenvalue weighted by Crippen LogP contribution is -2.43. The van der Waals surface area contributed by atoms with E-state index < -0.39 is 29.7 Å². The zero-order valence-electron chi connectivity index (χ0n) is 13.4. The first-order valence-corrected chi connectivity index (χ1v) is 8.66. The van der Waals surface area contributed by atoms with Crippen molar-refractivity contribution in [1.29, 1.82) is 0 Å². The van der Waals surface area contributed by atoms with Crippen LogP contribution in [0, 0.1) is 3.57 Å². The van der Waals surface area contributed by atoms with Crippen molar-refractivity contribution in [2.45, 2.75) is 25.1 Å². The standard InChI is InChI=1S/C18H15F3INO3/c19-18(20,21)13-7-5-11(6-8-13)9-16(24)23-15(17(25)26)10-12-3-1-2-4-14(12)22/h1-8,15H,9-10H2,(H,23,24)(H,25,26)/t15-/m1/s1. The maximum atomic E-state index is 12.5. The molecule has 0 unspecified atom stereocenters. The number of carbonyl (C=O) groups is 2. The maximum absolute atomic E-state index is 12.5. The van der Waals surface area contributed by atoms with Gasteiger partial charge in [-0.3, -0.25) is 4.79 Å². The van der Waals surface area contributed by atoms with Gasteiger partial charge in [0, 0.05) is 9.99 Å². The number of amides is 1. The Labute approximate surface area is 161 Å². The first kappa shape index (κ1) is 20.2. The lowest BCUT2D eigenvalue weighted by molar-refractivity contribution is -0.141. The van der Waals surface area contributed by atoms with Crippen molar-refractivity contribution in [3.05, 3.63) is 68.8 Å². The average molecular weight is 477 g/mol. The van der Waals surface area contributed by atoms with Crippen LogP contribution in [-0.2, 0) is 28.6 Å². The van der Waals surface area contributed by atoms with Crippen LogP contribution in [0.5, 0.6) is 0 Å². The van der Waals surface area contributed by atoms with Crippen molar-refractivity contribution in [3.8, 4) is 0 Å². The molecule has 2 aromatic rings. The third kappa shape index (κ3) is 5.72. The van der Waals surface area contributed by atoms with Gasteiger partial charge in [0.05, 0.1) is 12.0 Å². The molecule has 2 rings (SSSR count). The maximum Gasteiger partial charge on any atom is 0.416 e. The summed E-state index contributed by atoms with van der Waals surface area (Å²) in [4.78, 5) is 23.5. The zero-order chi connectivity index (χ0) is 19.3. The first-order valence-electron chi connectivity index (χ1n) is 7.58. The number of rotatable bonds is 6. The Morgan fingerprint density at radius 2 is 1.69 bits per heavy atom. The van der Waals surface area contributed by atoms with Gasteiger partial charge in [0.25, 0.3) is 0 Å². The van der Waals surface area contributed by atoms with E-state index in [1.807, 2.05) is 12.1 Å². The zero-order valence-corrected chi connectivity index (χ0v) is 15.5. The number of aliphatic carboxylic acids is 1. The molecular weight excluding hydrogens is 462 g/mol. The van der Waals surface area contributed by atoms with Crippen LogP contribution in [0.1, 0.15) is 16.7 Å². The minimum Gasteiger partial charge on any atom is -0.480 e. The molecule has 2 aromatic carbocycles. The van der Waals surface area contributed by atoms with Crippen LogP contribution >= 0.6 is 22.6 Å². The van der Waals surface area contributed by atoms with Gasteiger partial charge in [0.1, 0.15) is 6.04 Å². The minimum absolute atomic E-state index is 0.118. The van der Waals surface area contributed by atoms with Crippen LogP contribution in [0.3, 0.4) is 0 Å². The highest BCUT2D eigenvalue weighted by atomic mass is 127. The molecule has 138 valence electrons. The molecule has 0 aliphatic carbocycles. The summed E-state index contributed by atoms with van der Waals surface area (Å²) in [5, 5.41) is 11.7. The summed E-state index contributed by atoms with van der Waals surface area (Å²) in [6.07, 6.45) is -4.52. The topological polar surface area (TPSA) is 66.4 Å². The Kier molecular flexibility index (Phi) is 6.63. The number of hydrogen-bond acceptors (Lipinski definition) is 2. The first-order chi connectivity index (χ1) is 12.2. The predicted octanol–water partition coefficient (Wildman–Crippen LogP) is 3.66. The number of carbonyl (C=O) groups excluding carboxylic acids is 1. The predicted molar refractivity (Wildman–Crippen MR) is 97.6 cm³/mol. The molecule has 0 saturated heterocycles. The van der Waals surface area contributed by atoms with E-state index in [4.69, 9.17) is 0 Å². The molecule has 0 radical (unpaired) electrons. The van der Waals surface area contributed by atoms with Crippen LogP contribution in [0.4, 0.5) is 13.2 Å². The van der Waals surface area contributed by atoms with Crippen LogP contribution in [-0.4, -0.2) is 23.0 Å². The Morgan fingerprint density at radius 1 is 1.08 bits per heavy atom. The van der Waals surface area contributed by atoms with Gasteiger partial charge in [0.15, 0.2) is 0 Å². The van der Waals surface area contributed by atoms with Gasteiger partial charge >= 0.3 is 12.1 Å². The largest absolute Gasteiger partial charge is 0.480 e. The number of benzene rings is 2. The van der Waals surface area contributed by atoms with Crippen molar-refractivity contribution in [2.75, 3.05) is 0 Å². The third-order valence-electron chi connectivity index (χ3n) is 3.66. The highest BCUT2D eigenvalue weighted by Crippen LogP contribution is 2.29. The van der Waals surface area contributed by atoms with E-state index in [1.54, 1.807) is 12.1 Å². The van der Waals surface area contributed by atoms with E-state index in [1.165, 1.54) is 12.1 Å². The summed E-state index contributed by atoms with van der Waals surface area (Å²) in [7, 11) is 0. The second kappa shape index (κ2) is 8.52. The number of nitrogens with one attached hydrogen (secondary N) is 1. The molecule has 1 atom stereocenters. The monoisotopic (exact) mass is 477 g/mol.